The Balaban J connectivity index is 2.34. The molecule has 0 saturated carbocycles. The van der Waals surface area contributed by atoms with Gasteiger partial charge >= 0.3 is 0 Å². The number of benzene rings is 1. The number of anilines is 1. The van der Waals surface area contributed by atoms with E-state index in [0.717, 1.165) is 29.2 Å². The van der Waals surface area contributed by atoms with Crippen LogP contribution in [0.4, 0.5) is 5.69 Å². The van der Waals surface area contributed by atoms with Crippen LogP contribution < -0.4 is 10.6 Å². The quantitative estimate of drug-likeness (QED) is 0.507. The van der Waals surface area contributed by atoms with Crippen LogP contribution in [-0.2, 0) is 0 Å². The lowest BCUT2D eigenvalue weighted by atomic mass is 10.0. The van der Waals surface area contributed by atoms with Gasteiger partial charge in [-0.2, -0.15) is 0 Å². The van der Waals surface area contributed by atoms with Gasteiger partial charge in [0.05, 0.1) is 5.56 Å². The minimum Gasteiger partial charge on any atom is -0.384 e. The van der Waals surface area contributed by atoms with Crippen LogP contribution >= 0.6 is 11.8 Å². The molecule has 0 aromatic heterocycles. The highest BCUT2D eigenvalue weighted by Crippen LogP contribution is 2.31. The van der Waals surface area contributed by atoms with Gasteiger partial charge in [0.1, 0.15) is 5.84 Å². The fourth-order valence-electron chi connectivity index (χ4n) is 2.82. The number of piperidine rings is 1. The maximum absolute atomic E-state index is 7.90. The van der Waals surface area contributed by atoms with E-state index < -0.39 is 0 Å². The van der Waals surface area contributed by atoms with E-state index in [-0.39, 0.29) is 5.84 Å². The predicted molar refractivity (Wildman–Crippen MR) is 88.2 cm³/mol. The summed E-state index contributed by atoms with van der Waals surface area (Å²) in [6.07, 6.45) is 4.45. The number of nitrogens with zero attached hydrogens (tertiary/aromatic N) is 2. The minimum atomic E-state index is 0.164. The van der Waals surface area contributed by atoms with Gasteiger partial charge in [0.25, 0.3) is 0 Å². The average Bonchev–Trinajstić information content (AvgIpc) is 2.46. The lowest BCUT2D eigenvalue weighted by Gasteiger charge is -2.38. The molecule has 0 spiro atoms. The molecule has 1 heterocycles. The molecule has 110 valence electrons. The molecule has 1 fully saturated rings. The molecule has 20 heavy (non-hydrogen) atoms. The van der Waals surface area contributed by atoms with Gasteiger partial charge < -0.3 is 15.5 Å². The Bertz CT molecular complexity index is 487. The van der Waals surface area contributed by atoms with E-state index in [1.807, 2.05) is 12.3 Å². The molecular weight excluding hydrogens is 268 g/mol. The van der Waals surface area contributed by atoms with Gasteiger partial charge in [-0.3, -0.25) is 5.41 Å². The summed E-state index contributed by atoms with van der Waals surface area (Å²) in [6.45, 7) is 2.05. The zero-order valence-electron chi connectivity index (χ0n) is 12.5. The van der Waals surface area contributed by atoms with Gasteiger partial charge in [-0.25, -0.2) is 0 Å². The maximum Gasteiger partial charge on any atom is 0.126 e. The molecule has 0 bridgehead atoms. The van der Waals surface area contributed by atoms with E-state index >= 15 is 0 Å². The van der Waals surface area contributed by atoms with E-state index in [2.05, 4.69) is 36.0 Å². The minimum absolute atomic E-state index is 0.164. The average molecular weight is 292 g/mol. The van der Waals surface area contributed by atoms with Gasteiger partial charge in [0.2, 0.25) is 0 Å². The maximum atomic E-state index is 7.90. The number of amidine groups is 1. The third-order valence-electron chi connectivity index (χ3n) is 3.96. The zero-order valence-corrected chi connectivity index (χ0v) is 13.3. The molecule has 0 amide bonds. The summed E-state index contributed by atoms with van der Waals surface area (Å²) in [5.74, 6) is 0.164. The van der Waals surface area contributed by atoms with E-state index in [1.165, 1.54) is 12.8 Å². The molecule has 1 atom stereocenters. The number of thioether (sulfide) groups is 1. The second-order valence-corrected chi connectivity index (χ2v) is 6.32. The molecule has 1 saturated heterocycles. The number of nitrogens with two attached hydrogens (primary N) is 1. The number of nitrogens with one attached hydrogen (secondary N) is 1. The summed E-state index contributed by atoms with van der Waals surface area (Å²) >= 11 is 1.65. The van der Waals surface area contributed by atoms with E-state index in [1.54, 1.807) is 11.8 Å². The monoisotopic (exact) mass is 292 g/mol. The molecule has 3 N–H and O–H groups in total. The molecule has 2 rings (SSSR count). The van der Waals surface area contributed by atoms with Crippen LogP contribution in [0.3, 0.4) is 0 Å². The normalized spacial score (nSPS) is 19.4. The van der Waals surface area contributed by atoms with E-state index in [4.69, 9.17) is 11.1 Å². The molecule has 5 heteroatoms. The summed E-state index contributed by atoms with van der Waals surface area (Å²) in [7, 11) is 4.27. The van der Waals surface area contributed by atoms with Crippen molar-refractivity contribution in [2.24, 2.45) is 5.73 Å². The van der Waals surface area contributed by atoms with Gasteiger partial charge in [-0.15, -0.1) is 11.8 Å². The first kappa shape index (κ1) is 15.2. The predicted octanol–water partition coefficient (Wildman–Crippen LogP) is 2.22. The van der Waals surface area contributed by atoms with Gasteiger partial charge in [0.15, 0.2) is 0 Å². The fraction of sp³-hybridized carbons (Fsp3) is 0.533. The van der Waals surface area contributed by atoms with Crippen molar-refractivity contribution in [3.8, 4) is 0 Å². The first-order chi connectivity index (χ1) is 9.54. The van der Waals surface area contributed by atoms with Crippen molar-refractivity contribution in [2.75, 3.05) is 38.3 Å². The van der Waals surface area contributed by atoms with Crippen LogP contribution in [0.25, 0.3) is 0 Å². The van der Waals surface area contributed by atoms with Crippen LogP contribution in [-0.4, -0.2) is 50.2 Å². The number of rotatable bonds is 4. The summed E-state index contributed by atoms with van der Waals surface area (Å²) in [5.41, 5.74) is 7.82. The first-order valence-electron chi connectivity index (χ1n) is 6.97. The summed E-state index contributed by atoms with van der Waals surface area (Å²) in [4.78, 5) is 5.75. The third-order valence-corrected chi connectivity index (χ3v) is 4.74. The lowest BCUT2D eigenvalue weighted by Crippen LogP contribution is -2.45. The van der Waals surface area contributed by atoms with Gasteiger partial charge in [0, 0.05) is 29.7 Å². The second kappa shape index (κ2) is 6.50. The summed E-state index contributed by atoms with van der Waals surface area (Å²) < 4.78 is 0. The molecule has 1 aliphatic rings. The zero-order chi connectivity index (χ0) is 14.7. The van der Waals surface area contributed by atoms with Crippen molar-refractivity contribution in [1.82, 2.24) is 4.90 Å². The van der Waals surface area contributed by atoms with Crippen LogP contribution in [0.15, 0.2) is 23.1 Å². The Morgan fingerprint density at radius 2 is 2.20 bits per heavy atom. The van der Waals surface area contributed by atoms with E-state index in [9.17, 15) is 0 Å². The number of nitrogen functional groups attached to an aromatic ring is 1. The standard InChI is InChI=1S/C15H24N4S/c1-18(2)11-6-5-9-19(10-11)12-7-4-8-13(20-3)14(12)15(16)17/h4,7-8,11H,5-6,9-10H2,1-3H3,(H3,16,17). The third kappa shape index (κ3) is 3.10. The van der Waals surface area contributed by atoms with E-state index in [0.29, 0.717) is 6.04 Å². The number of likely N-dealkylation sites (N-methyl/N-ethyl adjacent to an activating group) is 1. The lowest BCUT2D eigenvalue weighted by molar-refractivity contribution is 0.258. The second-order valence-electron chi connectivity index (χ2n) is 5.47. The first-order valence-corrected chi connectivity index (χ1v) is 8.19. The van der Waals surface area contributed by atoms with Crippen LogP contribution in [0, 0.1) is 5.41 Å². The molecule has 1 aliphatic heterocycles. The van der Waals surface area contributed by atoms with Crippen molar-refractivity contribution in [3.05, 3.63) is 23.8 Å². The summed E-state index contributed by atoms with van der Waals surface area (Å²) in [5, 5.41) is 7.90. The molecule has 1 unspecified atom stereocenters. The Morgan fingerprint density at radius 3 is 2.80 bits per heavy atom. The largest absolute Gasteiger partial charge is 0.384 e. The SMILES string of the molecule is CSc1cccc(N2CCCC(N(C)C)C2)c1C(=N)N. The highest BCUT2D eigenvalue weighted by atomic mass is 32.2. The highest BCUT2D eigenvalue weighted by molar-refractivity contribution is 7.98. The Morgan fingerprint density at radius 1 is 1.45 bits per heavy atom. The Labute approximate surface area is 125 Å². The molecule has 1 aromatic carbocycles. The summed E-state index contributed by atoms with van der Waals surface area (Å²) in [6, 6.07) is 6.76. The van der Waals surface area contributed by atoms with Gasteiger partial charge in [-0.1, -0.05) is 6.07 Å². The molecule has 0 radical (unpaired) electrons. The molecule has 0 aliphatic carbocycles. The Kier molecular flexibility index (Phi) is 4.94. The van der Waals surface area contributed by atoms with Crippen molar-refractivity contribution < 1.29 is 0 Å². The Hall–Kier alpha value is -1.20. The topological polar surface area (TPSA) is 56.4 Å². The van der Waals surface area contributed by atoms with Gasteiger partial charge in [-0.05, 0) is 45.3 Å². The van der Waals surface area contributed by atoms with Crippen LogP contribution in [0.1, 0.15) is 18.4 Å². The van der Waals surface area contributed by atoms with Crippen molar-refractivity contribution in [3.63, 3.8) is 0 Å². The van der Waals surface area contributed by atoms with Crippen LogP contribution in [0.5, 0.6) is 0 Å². The molecule has 1 aromatic rings. The fourth-order valence-corrected chi connectivity index (χ4v) is 3.45. The van der Waals surface area contributed by atoms with Crippen LogP contribution in [0.2, 0.25) is 0 Å². The number of hydrogen-bond acceptors (Lipinski definition) is 4. The smallest absolute Gasteiger partial charge is 0.126 e. The highest BCUT2D eigenvalue weighted by Gasteiger charge is 2.24. The van der Waals surface area contributed by atoms with Crippen molar-refractivity contribution >= 4 is 23.3 Å². The van der Waals surface area contributed by atoms with Crippen molar-refractivity contribution in [2.45, 2.75) is 23.8 Å². The number of hydrogen-bond donors (Lipinski definition) is 2. The molecule has 4 nitrogen and oxygen atoms in total. The molecular formula is C15H24N4S. The van der Waals surface area contributed by atoms with Crippen molar-refractivity contribution in [1.29, 1.82) is 5.41 Å².